The molecule has 0 saturated carbocycles. The average Bonchev–Trinajstić information content (AvgIpc) is 2.09. The lowest BCUT2D eigenvalue weighted by Gasteiger charge is -2.10. The number of carbonyl (C=O) groups excluding carboxylic acids is 1. The third kappa shape index (κ3) is 2.36. The molecule has 0 amide bonds. The van der Waals surface area contributed by atoms with Crippen molar-refractivity contribution in [1.82, 2.24) is 0 Å². The number of halogens is 1. The van der Waals surface area contributed by atoms with Gasteiger partial charge < -0.3 is 9.90 Å². The first-order valence-electron chi connectivity index (χ1n) is 4.03. The van der Waals surface area contributed by atoms with E-state index in [-0.39, 0.29) is 6.42 Å². The van der Waals surface area contributed by atoms with Crippen LogP contribution >= 0.6 is 0 Å². The number of aryl methyl sites for hydroxylation is 1. The second-order valence-corrected chi connectivity index (χ2v) is 2.92. The summed E-state index contributed by atoms with van der Waals surface area (Å²) in [6.07, 6.45) is -0.271. The van der Waals surface area contributed by atoms with Crippen LogP contribution in [0.3, 0.4) is 0 Å². The van der Waals surface area contributed by atoms with Gasteiger partial charge in [0, 0.05) is 6.42 Å². The second-order valence-electron chi connectivity index (χ2n) is 2.92. The summed E-state index contributed by atoms with van der Waals surface area (Å²) < 4.78 is 12.7. The van der Waals surface area contributed by atoms with Crippen LogP contribution in [0, 0.1) is 12.7 Å². The molecule has 0 fully saturated rings. The standard InChI is InChI=1S/C10H11FO2/c1-7-2-3-8(11)6-9(7)10(13)4-5-12/h2-3,5-6,10,13H,4H2,1H3. The van der Waals surface area contributed by atoms with Crippen LogP contribution in [0.2, 0.25) is 0 Å². The summed E-state index contributed by atoms with van der Waals surface area (Å²) in [6, 6.07) is 4.16. The predicted molar refractivity (Wildman–Crippen MR) is 46.8 cm³/mol. The van der Waals surface area contributed by atoms with Gasteiger partial charge in [-0.05, 0) is 30.2 Å². The van der Waals surface area contributed by atoms with Crippen LogP contribution in [-0.2, 0) is 4.79 Å². The first-order valence-corrected chi connectivity index (χ1v) is 4.03. The average molecular weight is 182 g/mol. The molecule has 0 aliphatic heterocycles. The van der Waals surface area contributed by atoms with Crippen LogP contribution in [0.4, 0.5) is 4.39 Å². The van der Waals surface area contributed by atoms with Crippen molar-refractivity contribution in [2.24, 2.45) is 0 Å². The fourth-order valence-electron chi connectivity index (χ4n) is 1.19. The fraction of sp³-hybridized carbons (Fsp3) is 0.300. The van der Waals surface area contributed by atoms with Gasteiger partial charge in [-0.1, -0.05) is 6.07 Å². The smallest absolute Gasteiger partial charge is 0.123 e. The molecule has 1 aromatic carbocycles. The van der Waals surface area contributed by atoms with Crippen molar-refractivity contribution in [1.29, 1.82) is 0 Å². The number of benzene rings is 1. The van der Waals surface area contributed by atoms with Crippen molar-refractivity contribution in [3.8, 4) is 0 Å². The number of aliphatic hydroxyl groups excluding tert-OH is 1. The van der Waals surface area contributed by atoms with Crippen molar-refractivity contribution in [3.63, 3.8) is 0 Å². The fourth-order valence-corrected chi connectivity index (χ4v) is 1.19. The van der Waals surface area contributed by atoms with Gasteiger partial charge in [0.2, 0.25) is 0 Å². The van der Waals surface area contributed by atoms with E-state index in [2.05, 4.69) is 0 Å². The number of hydrogen-bond acceptors (Lipinski definition) is 2. The van der Waals surface area contributed by atoms with Crippen LogP contribution < -0.4 is 0 Å². The summed E-state index contributed by atoms with van der Waals surface area (Å²) in [7, 11) is 0. The molecule has 0 bridgehead atoms. The van der Waals surface area contributed by atoms with E-state index >= 15 is 0 Å². The molecule has 0 heterocycles. The van der Waals surface area contributed by atoms with Gasteiger partial charge in [0.25, 0.3) is 0 Å². The van der Waals surface area contributed by atoms with Gasteiger partial charge in [-0.3, -0.25) is 0 Å². The number of carbonyl (C=O) groups is 1. The summed E-state index contributed by atoms with van der Waals surface area (Å²) in [5.74, 6) is -0.398. The molecule has 1 aromatic rings. The predicted octanol–water partition coefficient (Wildman–Crippen LogP) is 1.76. The molecule has 3 heteroatoms. The Bertz CT molecular complexity index is 310. The summed E-state index contributed by atoms with van der Waals surface area (Å²) >= 11 is 0. The van der Waals surface area contributed by atoms with E-state index in [9.17, 15) is 14.3 Å². The zero-order valence-electron chi connectivity index (χ0n) is 7.33. The summed E-state index contributed by atoms with van der Waals surface area (Å²) in [4.78, 5) is 10.1. The molecule has 1 rings (SSSR count). The molecule has 0 saturated heterocycles. The Morgan fingerprint density at radius 3 is 2.92 bits per heavy atom. The summed E-state index contributed by atoms with van der Waals surface area (Å²) in [5.41, 5.74) is 1.27. The molecule has 1 N–H and O–H groups in total. The number of aliphatic hydroxyl groups is 1. The molecule has 0 aliphatic rings. The molecule has 0 aromatic heterocycles. The molecule has 0 radical (unpaired) electrons. The summed E-state index contributed by atoms with van der Waals surface area (Å²) in [5, 5.41) is 9.43. The SMILES string of the molecule is Cc1ccc(F)cc1C(O)CC=O. The monoisotopic (exact) mass is 182 g/mol. The van der Waals surface area contributed by atoms with Crippen molar-refractivity contribution in [2.75, 3.05) is 0 Å². The maximum atomic E-state index is 12.7. The normalized spacial score (nSPS) is 12.5. The van der Waals surface area contributed by atoms with Crippen LogP contribution in [0.1, 0.15) is 23.7 Å². The first kappa shape index (κ1) is 9.86. The first-order chi connectivity index (χ1) is 6.15. The zero-order valence-corrected chi connectivity index (χ0v) is 7.33. The van der Waals surface area contributed by atoms with E-state index in [1.807, 2.05) is 0 Å². The molecular weight excluding hydrogens is 171 g/mol. The van der Waals surface area contributed by atoms with E-state index < -0.39 is 11.9 Å². The van der Waals surface area contributed by atoms with E-state index in [0.29, 0.717) is 11.8 Å². The molecule has 70 valence electrons. The lowest BCUT2D eigenvalue weighted by molar-refractivity contribution is -0.109. The van der Waals surface area contributed by atoms with E-state index in [0.717, 1.165) is 5.56 Å². The third-order valence-corrected chi connectivity index (χ3v) is 1.92. The maximum Gasteiger partial charge on any atom is 0.123 e. The third-order valence-electron chi connectivity index (χ3n) is 1.92. The highest BCUT2D eigenvalue weighted by molar-refractivity contribution is 5.51. The largest absolute Gasteiger partial charge is 0.388 e. The van der Waals surface area contributed by atoms with Gasteiger partial charge in [-0.15, -0.1) is 0 Å². The Labute approximate surface area is 76.0 Å². The van der Waals surface area contributed by atoms with Gasteiger partial charge in [0.05, 0.1) is 6.10 Å². The molecule has 2 nitrogen and oxygen atoms in total. The molecule has 13 heavy (non-hydrogen) atoms. The number of hydrogen-bond donors (Lipinski definition) is 1. The molecule has 0 spiro atoms. The molecule has 0 aliphatic carbocycles. The Morgan fingerprint density at radius 2 is 2.31 bits per heavy atom. The minimum Gasteiger partial charge on any atom is -0.388 e. The quantitative estimate of drug-likeness (QED) is 0.723. The van der Waals surface area contributed by atoms with E-state index in [1.165, 1.54) is 12.1 Å². The van der Waals surface area contributed by atoms with Gasteiger partial charge in [0.1, 0.15) is 12.1 Å². The van der Waals surface area contributed by atoms with Crippen LogP contribution in [0.25, 0.3) is 0 Å². The maximum absolute atomic E-state index is 12.7. The highest BCUT2D eigenvalue weighted by Crippen LogP contribution is 2.20. The van der Waals surface area contributed by atoms with E-state index in [1.54, 1.807) is 13.0 Å². The lowest BCUT2D eigenvalue weighted by Crippen LogP contribution is -2.01. The Morgan fingerprint density at radius 1 is 1.62 bits per heavy atom. The van der Waals surface area contributed by atoms with Crippen LogP contribution in [0.15, 0.2) is 18.2 Å². The van der Waals surface area contributed by atoms with Crippen LogP contribution in [-0.4, -0.2) is 11.4 Å². The van der Waals surface area contributed by atoms with Gasteiger partial charge in [-0.25, -0.2) is 4.39 Å². The van der Waals surface area contributed by atoms with Crippen molar-refractivity contribution in [2.45, 2.75) is 19.4 Å². The van der Waals surface area contributed by atoms with Gasteiger partial charge in [0.15, 0.2) is 0 Å². The highest BCUT2D eigenvalue weighted by atomic mass is 19.1. The van der Waals surface area contributed by atoms with Crippen LogP contribution in [0.5, 0.6) is 0 Å². The number of rotatable bonds is 3. The molecule has 1 unspecified atom stereocenters. The topological polar surface area (TPSA) is 37.3 Å². The van der Waals surface area contributed by atoms with Gasteiger partial charge >= 0.3 is 0 Å². The Hall–Kier alpha value is -1.22. The lowest BCUT2D eigenvalue weighted by atomic mass is 10.0. The molecular formula is C10H11FO2. The zero-order chi connectivity index (χ0) is 9.84. The van der Waals surface area contributed by atoms with Gasteiger partial charge in [-0.2, -0.15) is 0 Å². The highest BCUT2D eigenvalue weighted by Gasteiger charge is 2.10. The minimum absolute atomic E-state index is 0.00426. The summed E-state index contributed by atoms with van der Waals surface area (Å²) in [6.45, 7) is 1.77. The molecule has 1 atom stereocenters. The Balaban J connectivity index is 2.97. The van der Waals surface area contributed by atoms with Crippen molar-refractivity contribution < 1.29 is 14.3 Å². The number of aldehydes is 1. The van der Waals surface area contributed by atoms with Crippen molar-refractivity contribution >= 4 is 6.29 Å². The van der Waals surface area contributed by atoms with Crippen molar-refractivity contribution in [3.05, 3.63) is 35.1 Å². The van der Waals surface area contributed by atoms with E-state index in [4.69, 9.17) is 0 Å². The Kier molecular flexibility index (Phi) is 3.14. The minimum atomic E-state index is -0.895. The second kappa shape index (κ2) is 4.14.